The summed E-state index contributed by atoms with van der Waals surface area (Å²) in [6, 6.07) is 17.0. The Hall–Kier alpha value is -2.82. The highest BCUT2D eigenvalue weighted by Gasteiger charge is 2.08. The molecule has 0 aromatic heterocycles. The summed E-state index contributed by atoms with van der Waals surface area (Å²) in [5.41, 5.74) is 2.75. The maximum Gasteiger partial charge on any atom is 0.407 e. The van der Waals surface area contributed by atoms with Gasteiger partial charge in [-0.25, -0.2) is 4.79 Å². The van der Waals surface area contributed by atoms with E-state index in [4.69, 9.17) is 4.74 Å². The van der Waals surface area contributed by atoms with Gasteiger partial charge in [0.05, 0.1) is 0 Å². The molecule has 2 rings (SSSR count). The Morgan fingerprint density at radius 1 is 1.04 bits per heavy atom. The third-order valence-corrected chi connectivity index (χ3v) is 3.44. The molecule has 24 heavy (non-hydrogen) atoms. The second kappa shape index (κ2) is 8.72. The third-order valence-electron chi connectivity index (χ3n) is 3.44. The highest BCUT2D eigenvalue weighted by molar-refractivity contribution is 5.93. The first kappa shape index (κ1) is 17.5. The van der Waals surface area contributed by atoms with E-state index in [0.717, 1.165) is 11.1 Å². The quantitative estimate of drug-likeness (QED) is 0.851. The predicted molar refractivity (Wildman–Crippen MR) is 93.8 cm³/mol. The van der Waals surface area contributed by atoms with Crippen LogP contribution in [-0.2, 0) is 16.1 Å². The van der Waals surface area contributed by atoms with Crippen LogP contribution in [0, 0.1) is 0 Å². The number of nitrogens with one attached hydrogen (secondary N) is 2. The van der Waals surface area contributed by atoms with Crippen LogP contribution in [0.2, 0.25) is 0 Å². The van der Waals surface area contributed by atoms with Crippen molar-refractivity contribution in [3.63, 3.8) is 0 Å². The molecule has 126 valence electrons. The molecule has 0 radical (unpaired) electrons. The second-order valence-electron chi connectivity index (χ2n) is 5.74. The Kier molecular flexibility index (Phi) is 6.37. The number of carbonyl (C=O) groups excluding carboxylic acids is 2. The summed E-state index contributed by atoms with van der Waals surface area (Å²) in [6.45, 7) is 4.21. The van der Waals surface area contributed by atoms with Crippen LogP contribution in [0.25, 0.3) is 0 Å². The maximum absolute atomic E-state index is 11.9. The lowest BCUT2D eigenvalue weighted by atomic mass is 10.0. The van der Waals surface area contributed by atoms with Gasteiger partial charge in [0.2, 0.25) is 5.91 Å². The number of alkyl carbamates (subject to hydrolysis) is 1. The zero-order chi connectivity index (χ0) is 17.4. The van der Waals surface area contributed by atoms with Crippen molar-refractivity contribution >= 4 is 17.7 Å². The Morgan fingerprint density at radius 3 is 2.50 bits per heavy atom. The number of carbonyl (C=O) groups is 2. The van der Waals surface area contributed by atoms with Gasteiger partial charge in [0.1, 0.15) is 13.2 Å². The van der Waals surface area contributed by atoms with Crippen LogP contribution in [0.1, 0.15) is 30.9 Å². The van der Waals surface area contributed by atoms with E-state index in [1.165, 1.54) is 0 Å². The summed E-state index contributed by atoms with van der Waals surface area (Å²) in [6.07, 6.45) is -0.620. The molecular weight excluding hydrogens is 304 g/mol. The van der Waals surface area contributed by atoms with Gasteiger partial charge in [-0.1, -0.05) is 56.3 Å². The van der Waals surface area contributed by atoms with Crippen LogP contribution in [0.5, 0.6) is 0 Å². The number of anilines is 1. The summed E-state index contributed by atoms with van der Waals surface area (Å²) in [4.78, 5) is 23.5. The second-order valence-corrected chi connectivity index (χ2v) is 5.74. The number of benzene rings is 2. The van der Waals surface area contributed by atoms with Gasteiger partial charge >= 0.3 is 6.09 Å². The molecule has 0 aliphatic carbocycles. The molecule has 5 nitrogen and oxygen atoms in total. The SMILES string of the molecule is CC(C)c1cccc(NC(=O)CNC(=O)OCc2ccccc2)c1. The molecule has 0 saturated heterocycles. The van der Waals surface area contributed by atoms with Crippen molar-refractivity contribution in [3.8, 4) is 0 Å². The molecule has 0 atom stereocenters. The highest BCUT2D eigenvalue weighted by Crippen LogP contribution is 2.18. The van der Waals surface area contributed by atoms with Crippen molar-refractivity contribution in [2.45, 2.75) is 26.4 Å². The molecule has 0 saturated carbocycles. The first-order valence-electron chi connectivity index (χ1n) is 7.89. The summed E-state index contributed by atoms with van der Waals surface area (Å²) < 4.78 is 5.05. The van der Waals surface area contributed by atoms with Crippen LogP contribution in [-0.4, -0.2) is 18.5 Å². The number of hydrogen-bond donors (Lipinski definition) is 2. The lowest BCUT2D eigenvalue weighted by molar-refractivity contribution is -0.115. The minimum absolute atomic E-state index is 0.139. The van der Waals surface area contributed by atoms with Crippen molar-refractivity contribution in [2.75, 3.05) is 11.9 Å². The normalized spacial score (nSPS) is 10.3. The first-order valence-corrected chi connectivity index (χ1v) is 7.89. The number of ether oxygens (including phenoxy) is 1. The van der Waals surface area contributed by atoms with E-state index in [0.29, 0.717) is 11.6 Å². The number of hydrogen-bond acceptors (Lipinski definition) is 3. The largest absolute Gasteiger partial charge is 0.445 e. The lowest BCUT2D eigenvalue weighted by Gasteiger charge is -2.10. The van der Waals surface area contributed by atoms with Crippen molar-refractivity contribution in [2.24, 2.45) is 0 Å². The molecule has 2 aromatic carbocycles. The van der Waals surface area contributed by atoms with Crippen LogP contribution in [0.15, 0.2) is 54.6 Å². The number of amides is 2. The van der Waals surface area contributed by atoms with Gasteiger partial charge in [0.15, 0.2) is 0 Å². The van der Waals surface area contributed by atoms with Crippen molar-refractivity contribution in [3.05, 3.63) is 65.7 Å². The molecule has 0 unspecified atom stereocenters. The summed E-state index contributed by atoms with van der Waals surface area (Å²) >= 11 is 0. The summed E-state index contributed by atoms with van der Waals surface area (Å²) in [7, 11) is 0. The van der Waals surface area contributed by atoms with Gasteiger partial charge in [-0.2, -0.15) is 0 Å². The fourth-order valence-electron chi connectivity index (χ4n) is 2.11. The van der Waals surface area contributed by atoms with Crippen LogP contribution >= 0.6 is 0 Å². The summed E-state index contributed by atoms with van der Waals surface area (Å²) in [5, 5.41) is 5.19. The minimum atomic E-state index is -0.620. The molecule has 2 N–H and O–H groups in total. The van der Waals surface area contributed by atoms with E-state index in [1.54, 1.807) is 0 Å². The predicted octanol–water partition coefficient (Wildman–Crippen LogP) is 3.67. The van der Waals surface area contributed by atoms with Gasteiger partial charge < -0.3 is 15.4 Å². The van der Waals surface area contributed by atoms with Crippen LogP contribution in [0.4, 0.5) is 10.5 Å². The van der Waals surface area contributed by atoms with Gasteiger partial charge in [-0.3, -0.25) is 4.79 Å². The molecule has 0 aliphatic rings. The Balaban J connectivity index is 1.74. The average molecular weight is 326 g/mol. The van der Waals surface area contributed by atoms with Gasteiger partial charge in [0.25, 0.3) is 0 Å². The van der Waals surface area contributed by atoms with Gasteiger partial charge in [-0.05, 0) is 29.2 Å². The Morgan fingerprint density at radius 2 is 1.79 bits per heavy atom. The fourth-order valence-corrected chi connectivity index (χ4v) is 2.11. The highest BCUT2D eigenvalue weighted by atomic mass is 16.5. The Labute approximate surface area is 142 Å². The maximum atomic E-state index is 11.9. The lowest BCUT2D eigenvalue weighted by Crippen LogP contribution is -2.33. The van der Waals surface area contributed by atoms with E-state index in [1.807, 2.05) is 54.6 Å². The Bertz CT molecular complexity index is 684. The van der Waals surface area contributed by atoms with Crippen molar-refractivity contribution < 1.29 is 14.3 Å². The van der Waals surface area contributed by atoms with E-state index < -0.39 is 6.09 Å². The topological polar surface area (TPSA) is 67.4 Å². The van der Waals surface area contributed by atoms with E-state index >= 15 is 0 Å². The van der Waals surface area contributed by atoms with E-state index in [-0.39, 0.29) is 19.1 Å². The molecule has 0 bridgehead atoms. The molecule has 0 heterocycles. The molecular formula is C19H22N2O3. The monoisotopic (exact) mass is 326 g/mol. The molecule has 2 aromatic rings. The van der Waals surface area contributed by atoms with Crippen molar-refractivity contribution in [1.29, 1.82) is 0 Å². The smallest absolute Gasteiger partial charge is 0.407 e. The molecule has 0 spiro atoms. The van der Waals surface area contributed by atoms with Gasteiger partial charge in [0, 0.05) is 5.69 Å². The zero-order valence-corrected chi connectivity index (χ0v) is 13.9. The first-order chi connectivity index (χ1) is 11.5. The number of rotatable bonds is 6. The molecule has 0 aliphatic heterocycles. The fraction of sp³-hybridized carbons (Fsp3) is 0.263. The van der Waals surface area contributed by atoms with Gasteiger partial charge in [-0.15, -0.1) is 0 Å². The zero-order valence-electron chi connectivity index (χ0n) is 13.9. The van der Waals surface area contributed by atoms with Crippen LogP contribution in [0.3, 0.4) is 0 Å². The average Bonchev–Trinajstić information content (AvgIpc) is 2.59. The molecule has 0 fully saturated rings. The molecule has 5 heteroatoms. The standard InChI is InChI=1S/C19H22N2O3/c1-14(2)16-9-6-10-17(11-16)21-18(22)12-20-19(23)24-13-15-7-4-3-5-8-15/h3-11,14H,12-13H2,1-2H3,(H,20,23)(H,21,22). The minimum Gasteiger partial charge on any atom is -0.445 e. The van der Waals surface area contributed by atoms with E-state index in [2.05, 4.69) is 24.5 Å². The van der Waals surface area contributed by atoms with Crippen LogP contribution < -0.4 is 10.6 Å². The third kappa shape index (κ3) is 5.76. The van der Waals surface area contributed by atoms with Crippen molar-refractivity contribution in [1.82, 2.24) is 5.32 Å². The molecule has 2 amide bonds. The van der Waals surface area contributed by atoms with E-state index in [9.17, 15) is 9.59 Å². The summed E-state index contributed by atoms with van der Waals surface area (Å²) in [5.74, 6) is 0.0838.